The second-order valence-corrected chi connectivity index (χ2v) is 6.19. The van der Waals surface area contributed by atoms with Crippen LogP contribution in [0.1, 0.15) is 22.8 Å². The molecule has 25 heavy (non-hydrogen) atoms. The molecule has 0 heterocycles. The summed E-state index contributed by atoms with van der Waals surface area (Å²) >= 11 is 1.96. The van der Waals surface area contributed by atoms with Crippen LogP contribution in [0.15, 0.2) is 47.6 Å². The van der Waals surface area contributed by atoms with Gasteiger partial charge in [0.05, 0.1) is 9.78 Å². The van der Waals surface area contributed by atoms with Gasteiger partial charge < -0.3 is 14.9 Å². The van der Waals surface area contributed by atoms with Crippen molar-refractivity contribution in [3.63, 3.8) is 0 Å². The van der Waals surface area contributed by atoms with Crippen molar-refractivity contribution in [3.05, 3.63) is 57.2 Å². The number of carboxylic acids is 1. The molecule has 2 aromatic carbocycles. The van der Waals surface area contributed by atoms with Gasteiger partial charge >= 0.3 is 5.97 Å². The van der Waals surface area contributed by atoms with Crippen LogP contribution in [0.4, 0.5) is 0 Å². The number of hydrazone groups is 1. The maximum absolute atomic E-state index is 11.9. The normalized spacial score (nSPS) is 11.9. The highest BCUT2D eigenvalue weighted by Gasteiger charge is 2.12. The quantitative estimate of drug-likeness (QED) is 0.354. The summed E-state index contributed by atoms with van der Waals surface area (Å²) in [6, 6.07) is 11.2. The van der Waals surface area contributed by atoms with E-state index >= 15 is 0 Å². The Morgan fingerprint density at radius 3 is 2.52 bits per heavy atom. The van der Waals surface area contributed by atoms with Gasteiger partial charge in [0.1, 0.15) is 11.5 Å². The van der Waals surface area contributed by atoms with Crippen LogP contribution in [-0.2, 0) is 4.79 Å². The molecule has 0 spiro atoms. The van der Waals surface area contributed by atoms with Crippen molar-refractivity contribution in [1.82, 2.24) is 5.43 Å². The second kappa shape index (κ2) is 8.47. The summed E-state index contributed by atoms with van der Waals surface area (Å²) < 4.78 is 5.86. The first kappa shape index (κ1) is 18.7. The average Bonchev–Trinajstić information content (AvgIpc) is 2.58. The molecule has 0 saturated carbocycles. The maximum atomic E-state index is 11.9. The number of nitrogens with one attached hydrogen (secondary N) is 1. The number of amides is 1. The van der Waals surface area contributed by atoms with E-state index in [0.29, 0.717) is 20.4 Å². The highest BCUT2D eigenvalue weighted by atomic mass is 127. The highest BCUT2D eigenvalue weighted by Crippen LogP contribution is 2.20. The molecule has 0 aliphatic rings. The zero-order chi connectivity index (χ0) is 18.4. The predicted octanol–water partition coefficient (Wildman–Crippen LogP) is 2.61. The van der Waals surface area contributed by atoms with Gasteiger partial charge in [0.2, 0.25) is 0 Å². The first-order valence-electron chi connectivity index (χ1n) is 7.18. The number of benzene rings is 2. The van der Waals surface area contributed by atoms with Gasteiger partial charge in [-0.2, -0.15) is 5.10 Å². The zero-order valence-electron chi connectivity index (χ0n) is 13.1. The van der Waals surface area contributed by atoms with E-state index in [4.69, 9.17) is 9.84 Å². The number of nitrogens with zero attached hydrogens (tertiary/aromatic N) is 1. The monoisotopic (exact) mass is 454 g/mol. The molecule has 1 amide bonds. The lowest BCUT2D eigenvalue weighted by atomic mass is 10.2. The summed E-state index contributed by atoms with van der Waals surface area (Å²) in [5.41, 5.74) is 3.35. The van der Waals surface area contributed by atoms with Gasteiger partial charge in [-0.1, -0.05) is 0 Å². The molecule has 3 N–H and O–H groups in total. The Morgan fingerprint density at radius 1 is 1.24 bits per heavy atom. The lowest BCUT2D eigenvalue weighted by Crippen LogP contribution is -2.22. The van der Waals surface area contributed by atoms with Crippen LogP contribution < -0.4 is 10.2 Å². The molecular weight excluding hydrogens is 439 g/mol. The van der Waals surface area contributed by atoms with Crippen LogP contribution in [0.3, 0.4) is 0 Å². The summed E-state index contributed by atoms with van der Waals surface area (Å²) in [5.74, 6) is -1.04. The van der Waals surface area contributed by atoms with Crippen LogP contribution in [0.25, 0.3) is 0 Å². The molecule has 7 nitrogen and oxygen atoms in total. The molecule has 0 unspecified atom stereocenters. The summed E-state index contributed by atoms with van der Waals surface area (Å²) in [6.07, 6.45) is 0.499. The number of aromatic hydroxyl groups is 1. The van der Waals surface area contributed by atoms with Crippen molar-refractivity contribution in [2.45, 2.75) is 13.0 Å². The van der Waals surface area contributed by atoms with Crippen LogP contribution >= 0.6 is 22.6 Å². The molecule has 1 atom stereocenters. The molecule has 0 aliphatic heterocycles. The first-order chi connectivity index (χ1) is 11.9. The zero-order valence-corrected chi connectivity index (χ0v) is 15.3. The van der Waals surface area contributed by atoms with Gasteiger partial charge in [-0.3, -0.25) is 4.79 Å². The first-order valence-corrected chi connectivity index (χ1v) is 8.26. The second-order valence-electron chi connectivity index (χ2n) is 5.03. The molecule has 2 aromatic rings. The van der Waals surface area contributed by atoms with Crippen LogP contribution in [-0.4, -0.2) is 34.4 Å². The third-order valence-electron chi connectivity index (χ3n) is 3.13. The number of phenolic OH excluding ortho intramolecular Hbond substituents is 1. The van der Waals surface area contributed by atoms with E-state index in [2.05, 4.69) is 10.5 Å². The minimum Gasteiger partial charge on any atom is -0.507 e. The van der Waals surface area contributed by atoms with Crippen molar-refractivity contribution in [2.24, 2.45) is 5.10 Å². The lowest BCUT2D eigenvalue weighted by molar-refractivity contribution is -0.144. The summed E-state index contributed by atoms with van der Waals surface area (Å²) in [4.78, 5) is 22.7. The number of aliphatic carboxylic acids is 1. The standard InChI is InChI=1S/C17H15IN2O5/c1-10(17(23)24)25-13-5-2-11(3-6-13)9-19-20-16(22)12-4-7-14(18)15(21)8-12/h2-10,21H,1H3,(H,20,22)(H,23,24)/b19-9-/t10-/m0/s1. The van der Waals surface area contributed by atoms with Gasteiger partial charge in [0.25, 0.3) is 5.91 Å². The smallest absolute Gasteiger partial charge is 0.344 e. The van der Waals surface area contributed by atoms with Crippen LogP contribution in [0.2, 0.25) is 0 Å². The SMILES string of the molecule is C[C@H](Oc1ccc(/C=N\NC(=O)c2ccc(I)c(O)c2)cc1)C(=O)O. The minimum atomic E-state index is -1.05. The molecule has 0 aromatic heterocycles. The number of hydrogen-bond acceptors (Lipinski definition) is 5. The number of phenols is 1. The molecule has 0 saturated heterocycles. The third-order valence-corrected chi connectivity index (χ3v) is 4.04. The fourth-order valence-electron chi connectivity index (χ4n) is 1.77. The number of carbonyl (C=O) groups excluding carboxylic acids is 1. The molecule has 130 valence electrons. The Bertz CT molecular complexity index is 805. The van der Waals surface area contributed by atoms with E-state index in [1.807, 2.05) is 22.6 Å². The lowest BCUT2D eigenvalue weighted by Gasteiger charge is -2.09. The molecule has 0 radical (unpaired) electrons. The molecular formula is C17H15IN2O5. The molecule has 2 rings (SSSR count). The third kappa shape index (κ3) is 5.45. The highest BCUT2D eigenvalue weighted by molar-refractivity contribution is 14.1. The maximum Gasteiger partial charge on any atom is 0.344 e. The summed E-state index contributed by atoms with van der Waals surface area (Å²) in [5, 5.41) is 22.2. The average molecular weight is 454 g/mol. The Morgan fingerprint density at radius 2 is 1.92 bits per heavy atom. The molecule has 0 fully saturated rings. The predicted molar refractivity (Wildman–Crippen MR) is 100 cm³/mol. The Balaban J connectivity index is 1.94. The van der Waals surface area contributed by atoms with Crippen molar-refractivity contribution in [3.8, 4) is 11.5 Å². The molecule has 0 aliphatic carbocycles. The number of halogens is 1. The minimum absolute atomic E-state index is 0.0309. The number of rotatable bonds is 6. The topological polar surface area (TPSA) is 108 Å². The van der Waals surface area contributed by atoms with Crippen LogP contribution in [0, 0.1) is 3.57 Å². The van der Waals surface area contributed by atoms with E-state index in [9.17, 15) is 14.7 Å². The Labute approximate surface area is 157 Å². The van der Waals surface area contributed by atoms with Crippen molar-refractivity contribution >= 4 is 40.7 Å². The molecule has 8 heteroatoms. The Kier molecular flexibility index (Phi) is 6.34. The van der Waals surface area contributed by atoms with Crippen molar-refractivity contribution in [2.75, 3.05) is 0 Å². The van der Waals surface area contributed by atoms with Gasteiger partial charge in [0, 0.05) is 5.56 Å². The summed E-state index contributed by atoms with van der Waals surface area (Å²) in [6.45, 7) is 1.44. The van der Waals surface area contributed by atoms with Gasteiger partial charge in [0.15, 0.2) is 6.10 Å². The fraction of sp³-hybridized carbons (Fsp3) is 0.118. The van der Waals surface area contributed by atoms with E-state index < -0.39 is 18.0 Å². The van der Waals surface area contributed by atoms with Gasteiger partial charge in [-0.25, -0.2) is 10.2 Å². The number of hydrogen-bond donors (Lipinski definition) is 3. The van der Waals surface area contributed by atoms with Gasteiger partial charge in [-0.15, -0.1) is 0 Å². The van der Waals surface area contributed by atoms with Crippen molar-refractivity contribution in [1.29, 1.82) is 0 Å². The van der Waals surface area contributed by atoms with Crippen LogP contribution in [0.5, 0.6) is 11.5 Å². The molecule has 0 bridgehead atoms. The number of carbonyl (C=O) groups is 2. The van der Waals surface area contributed by atoms with Gasteiger partial charge in [-0.05, 0) is 77.5 Å². The Hall–Kier alpha value is -2.62. The fourth-order valence-corrected chi connectivity index (χ4v) is 2.11. The van der Waals surface area contributed by atoms with E-state index in [0.717, 1.165) is 0 Å². The number of carboxylic acid groups (broad SMARTS) is 1. The van der Waals surface area contributed by atoms with E-state index in [1.165, 1.54) is 19.2 Å². The largest absolute Gasteiger partial charge is 0.507 e. The summed E-state index contributed by atoms with van der Waals surface area (Å²) in [7, 11) is 0. The van der Waals surface area contributed by atoms with E-state index in [1.54, 1.807) is 36.4 Å². The van der Waals surface area contributed by atoms with E-state index in [-0.39, 0.29) is 5.75 Å². The number of ether oxygens (including phenoxy) is 1. The van der Waals surface area contributed by atoms with Crippen molar-refractivity contribution < 1.29 is 24.5 Å².